The number of phenols is 1. The summed E-state index contributed by atoms with van der Waals surface area (Å²) in [5, 5.41) is 14.5. The summed E-state index contributed by atoms with van der Waals surface area (Å²) in [4.78, 5) is 12.5. The topological polar surface area (TPSA) is 58.6 Å². The van der Waals surface area contributed by atoms with E-state index in [9.17, 15) is 9.90 Å². The maximum absolute atomic E-state index is 12.5. The molecule has 2 N–H and O–H groups in total. The van der Waals surface area contributed by atoms with Crippen LogP contribution in [0.5, 0.6) is 11.5 Å². The lowest BCUT2D eigenvalue weighted by Crippen LogP contribution is -2.13. The van der Waals surface area contributed by atoms with Crippen LogP contribution in [0, 0.1) is 0 Å². The van der Waals surface area contributed by atoms with Gasteiger partial charge in [0.15, 0.2) is 0 Å². The lowest BCUT2D eigenvalue weighted by Gasteiger charge is -2.12. The molecule has 3 rings (SSSR count). The van der Waals surface area contributed by atoms with E-state index in [0.29, 0.717) is 23.6 Å². The van der Waals surface area contributed by atoms with Gasteiger partial charge in [0.2, 0.25) is 0 Å². The predicted molar refractivity (Wildman–Crippen MR) is 91.2 cm³/mol. The standard InChI is InChI=1S/C19H17NO3/c1-2-23-18-10-6-5-9-16(18)20-19(22)14-11-13-7-3-4-8-15(13)17(21)12-14/h3-12,21H,2H2,1H3,(H,20,22). The Morgan fingerprint density at radius 2 is 1.83 bits per heavy atom. The van der Waals surface area contributed by atoms with Gasteiger partial charge in [0, 0.05) is 10.9 Å². The Kier molecular flexibility index (Phi) is 4.15. The van der Waals surface area contributed by atoms with E-state index in [2.05, 4.69) is 5.32 Å². The Labute approximate surface area is 134 Å². The normalized spacial score (nSPS) is 10.5. The molecule has 0 radical (unpaired) electrons. The molecule has 0 atom stereocenters. The van der Waals surface area contributed by atoms with Crippen molar-refractivity contribution in [3.63, 3.8) is 0 Å². The second-order valence-corrected chi connectivity index (χ2v) is 5.10. The number of aromatic hydroxyl groups is 1. The minimum Gasteiger partial charge on any atom is -0.507 e. The van der Waals surface area contributed by atoms with E-state index in [0.717, 1.165) is 10.8 Å². The maximum atomic E-state index is 12.5. The monoisotopic (exact) mass is 307 g/mol. The molecule has 0 aromatic heterocycles. The van der Waals surface area contributed by atoms with Crippen LogP contribution in [0.3, 0.4) is 0 Å². The van der Waals surface area contributed by atoms with Crippen LogP contribution in [0.15, 0.2) is 60.7 Å². The number of hydrogen-bond donors (Lipinski definition) is 2. The first kappa shape index (κ1) is 14.9. The van der Waals surface area contributed by atoms with E-state index in [-0.39, 0.29) is 11.7 Å². The first-order chi connectivity index (χ1) is 11.2. The summed E-state index contributed by atoms with van der Waals surface area (Å²) in [6.07, 6.45) is 0. The summed E-state index contributed by atoms with van der Waals surface area (Å²) in [7, 11) is 0. The van der Waals surface area contributed by atoms with Crippen LogP contribution in [-0.2, 0) is 0 Å². The summed E-state index contributed by atoms with van der Waals surface area (Å²) in [5.41, 5.74) is 1.000. The molecule has 0 heterocycles. The second-order valence-electron chi connectivity index (χ2n) is 5.10. The Morgan fingerprint density at radius 3 is 2.65 bits per heavy atom. The SMILES string of the molecule is CCOc1ccccc1NC(=O)c1cc(O)c2ccccc2c1. The van der Waals surface area contributed by atoms with E-state index < -0.39 is 0 Å². The third-order valence-electron chi connectivity index (χ3n) is 3.54. The van der Waals surface area contributed by atoms with Crippen molar-refractivity contribution < 1.29 is 14.6 Å². The third kappa shape index (κ3) is 3.11. The molecule has 0 aliphatic rings. The number of ether oxygens (including phenoxy) is 1. The number of nitrogens with one attached hydrogen (secondary N) is 1. The highest BCUT2D eigenvalue weighted by Crippen LogP contribution is 2.28. The van der Waals surface area contributed by atoms with Crippen LogP contribution in [0.2, 0.25) is 0 Å². The maximum Gasteiger partial charge on any atom is 0.255 e. The number of para-hydroxylation sites is 2. The summed E-state index contributed by atoms with van der Waals surface area (Å²) >= 11 is 0. The number of hydrogen-bond acceptors (Lipinski definition) is 3. The number of carbonyl (C=O) groups excluding carboxylic acids is 1. The molecule has 4 heteroatoms. The molecule has 0 bridgehead atoms. The summed E-state index contributed by atoms with van der Waals surface area (Å²) < 4.78 is 5.50. The first-order valence-corrected chi connectivity index (χ1v) is 7.44. The molecular formula is C19H17NO3. The van der Waals surface area contributed by atoms with Crippen LogP contribution in [0.4, 0.5) is 5.69 Å². The van der Waals surface area contributed by atoms with Crippen molar-refractivity contribution in [2.24, 2.45) is 0 Å². The molecule has 0 unspecified atom stereocenters. The fraction of sp³-hybridized carbons (Fsp3) is 0.105. The zero-order valence-corrected chi connectivity index (χ0v) is 12.7. The highest BCUT2D eigenvalue weighted by Gasteiger charge is 2.12. The minimum absolute atomic E-state index is 0.0892. The third-order valence-corrected chi connectivity index (χ3v) is 3.54. The Hall–Kier alpha value is -3.01. The van der Waals surface area contributed by atoms with Gasteiger partial charge in [-0.1, -0.05) is 36.4 Å². The van der Waals surface area contributed by atoms with E-state index in [1.54, 1.807) is 18.2 Å². The number of anilines is 1. The van der Waals surface area contributed by atoms with Gasteiger partial charge in [-0.15, -0.1) is 0 Å². The molecule has 116 valence electrons. The molecular weight excluding hydrogens is 290 g/mol. The summed E-state index contributed by atoms with van der Waals surface area (Å²) in [6.45, 7) is 2.41. The molecule has 4 nitrogen and oxygen atoms in total. The van der Waals surface area contributed by atoms with E-state index >= 15 is 0 Å². The van der Waals surface area contributed by atoms with Gasteiger partial charge in [-0.2, -0.15) is 0 Å². The van der Waals surface area contributed by atoms with Crippen molar-refractivity contribution in [1.82, 2.24) is 0 Å². The Bertz CT molecular complexity index is 858. The van der Waals surface area contributed by atoms with Gasteiger partial charge in [0.25, 0.3) is 5.91 Å². The summed E-state index contributed by atoms with van der Waals surface area (Å²) in [6, 6.07) is 17.9. The van der Waals surface area contributed by atoms with Crippen LogP contribution >= 0.6 is 0 Å². The second kappa shape index (κ2) is 6.40. The van der Waals surface area contributed by atoms with Gasteiger partial charge in [0.05, 0.1) is 12.3 Å². The first-order valence-electron chi connectivity index (χ1n) is 7.44. The number of carbonyl (C=O) groups is 1. The lowest BCUT2D eigenvalue weighted by atomic mass is 10.1. The fourth-order valence-electron chi connectivity index (χ4n) is 2.47. The fourth-order valence-corrected chi connectivity index (χ4v) is 2.47. The average Bonchev–Trinajstić information content (AvgIpc) is 2.57. The van der Waals surface area contributed by atoms with Gasteiger partial charge < -0.3 is 15.2 Å². The molecule has 0 spiro atoms. The van der Waals surface area contributed by atoms with E-state index in [1.165, 1.54) is 6.07 Å². The molecule has 1 amide bonds. The van der Waals surface area contributed by atoms with Crippen molar-refractivity contribution in [3.05, 3.63) is 66.2 Å². The van der Waals surface area contributed by atoms with Crippen molar-refractivity contribution in [2.45, 2.75) is 6.92 Å². The van der Waals surface area contributed by atoms with E-state index in [4.69, 9.17) is 4.74 Å². The highest BCUT2D eigenvalue weighted by atomic mass is 16.5. The Balaban J connectivity index is 1.92. The molecule has 3 aromatic carbocycles. The van der Waals surface area contributed by atoms with Crippen molar-refractivity contribution in [2.75, 3.05) is 11.9 Å². The Morgan fingerprint density at radius 1 is 1.09 bits per heavy atom. The van der Waals surface area contributed by atoms with E-state index in [1.807, 2.05) is 43.3 Å². The average molecular weight is 307 g/mol. The highest BCUT2D eigenvalue weighted by molar-refractivity contribution is 6.08. The number of amides is 1. The van der Waals surface area contributed by atoms with Gasteiger partial charge in [0.1, 0.15) is 11.5 Å². The zero-order valence-electron chi connectivity index (χ0n) is 12.7. The number of phenolic OH excluding ortho intramolecular Hbond substituents is 1. The van der Waals surface area contributed by atoms with Gasteiger partial charge >= 0.3 is 0 Å². The van der Waals surface area contributed by atoms with Crippen LogP contribution in [0.25, 0.3) is 10.8 Å². The van der Waals surface area contributed by atoms with Gasteiger partial charge in [-0.05, 0) is 36.6 Å². The number of rotatable bonds is 4. The van der Waals surface area contributed by atoms with Crippen molar-refractivity contribution in [1.29, 1.82) is 0 Å². The number of fused-ring (bicyclic) bond motifs is 1. The number of benzene rings is 3. The minimum atomic E-state index is -0.293. The quantitative estimate of drug-likeness (QED) is 0.759. The van der Waals surface area contributed by atoms with Gasteiger partial charge in [-0.3, -0.25) is 4.79 Å². The molecule has 0 saturated carbocycles. The van der Waals surface area contributed by atoms with Crippen LogP contribution in [-0.4, -0.2) is 17.6 Å². The molecule has 23 heavy (non-hydrogen) atoms. The largest absolute Gasteiger partial charge is 0.507 e. The van der Waals surface area contributed by atoms with Gasteiger partial charge in [-0.25, -0.2) is 0 Å². The van der Waals surface area contributed by atoms with Crippen molar-refractivity contribution in [3.8, 4) is 11.5 Å². The molecule has 0 aliphatic heterocycles. The lowest BCUT2D eigenvalue weighted by molar-refractivity contribution is 0.102. The zero-order chi connectivity index (χ0) is 16.2. The molecule has 0 fully saturated rings. The van der Waals surface area contributed by atoms with Crippen LogP contribution in [0.1, 0.15) is 17.3 Å². The molecule has 3 aromatic rings. The smallest absolute Gasteiger partial charge is 0.255 e. The van der Waals surface area contributed by atoms with Crippen molar-refractivity contribution >= 4 is 22.4 Å². The molecule has 0 saturated heterocycles. The molecule has 0 aliphatic carbocycles. The predicted octanol–water partition coefficient (Wildman–Crippen LogP) is 4.20. The van der Waals surface area contributed by atoms with Crippen LogP contribution < -0.4 is 10.1 Å². The summed E-state index contributed by atoms with van der Waals surface area (Å²) in [5.74, 6) is 0.415.